The maximum Gasteiger partial charge on any atom is 0.0975 e. The van der Waals surface area contributed by atoms with Crippen molar-refractivity contribution in [1.82, 2.24) is 19.7 Å². The van der Waals surface area contributed by atoms with Crippen molar-refractivity contribution >= 4 is 6.08 Å². The smallest absolute Gasteiger partial charge is 0.0975 e. The number of aliphatic hydroxyl groups excluding tert-OH is 1. The first-order valence-corrected chi connectivity index (χ1v) is 13.5. The fourth-order valence-corrected chi connectivity index (χ4v) is 5.77. The number of likely N-dealkylation sites (tertiary alicyclic amines) is 1. The normalized spacial score (nSPS) is 17.4. The minimum absolute atomic E-state index is 0.512. The summed E-state index contributed by atoms with van der Waals surface area (Å²) in [6, 6.07) is 40.1. The molecule has 1 fully saturated rings. The fraction of sp³-hybridized carbons (Fsp3) is 0.176. The molecular weight excluding hydrogens is 480 g/mol. The molecule has 0 saturated carbocycles. The molecular formula is C34H32N4O. The lowest BCUT2D eigenvalue weighted by molar-refractivity contribution is 0.0871. The summed E-state index contributed by atoms with van der Waals surface area (Å²) in [6.45, 7) is 1.98. The van der Waals surface area contributed by atoms with Gasteiger partial charge in [0.2, 0.25) is 0 Å². The van der Waals surface area contributed by atoms with Crippen LogP contribution in [0.2, 0.25) is 0 Å². The van der Waals surface area contributed by atoms with Gasteiger partial charge in [0.15, 0.2) is 0 Å². The molecule has 1 aliphatic heterocycles. The van der Waals surface area contributed by atoms with Gasteiger partial charge in [-0.15, -0.1) is 0 Å². The van der Waals surface area contributed by atoms with Crippen molar-refractivity contribution < 1.29 is 5.11 Å². The van der Waals surface area contributed by atoms with Crippen molar-refractivity contribution in [1.29, 1.82) is 0 Å². The third-order valence-electron chi connectivity index (χ3n) is 7.57. The molecule has 1 atom stereocenters. The Morgan fingerprint density at radius 2 is 1.36 bits per heavy atom. The van der Waals surface area contributed by atoms with Gasteiger partial charge in [-0.1, -0.05) is 97.1 Å². The predicted octanol–water partition coefficient (Wildman–Crippen LogP) is 5.77. The summed E-state index contributed by atoms with van der Waals surface area (Å²) < 4.78 is 1.89. The molecule has 3 aromatic carbocycles. The quantitative estimate of drug-likeness (QED) is 0.281. The van der Waals surface area contributed by atoms with Gasteiger partial charge in [-0.3, -0.25) is 14.6 Å². The Morgan fingerprint density at radius 3 is 1.92 bits per heavy atom. The predicted molar refractivity (Wildman–Crippen MR) is 155 cm³/mol. The monoisotopic (exact) mass is 512 g/mol. The Bertz CT molecular complexity index is 1420. The molecule has 6 rings (SSSR count). The van der Waals surface area contributed by atoms with Crippen molar-refractivity contribution in [2.45, 2.75) is 24.6 Å². The van der Waals surface area contributed by atoms with E-state index in [2.05, 4.69) is 107 Å². The van der Waals surface area contributed by atoms with E-state index in [0.29, 0.717) is 19.5 Å². The third-order valence-corrected chi connectivity index (χ3v) is 7.57. The largest absolute Gasteiger partial charge is 0.389 e. The fourth-order valence-electron chi connectivity index (χ4n) is 5.77. The van der Waals surface area contributed by atoms with Crippen LogP contribution in [0.5, 0.6) is 0 Å². The van der Waals surface area contributed by atoms with Crippen molar-refractivity contribution in [3.05, 3.63) is 161 Å². The topological polar surface area (TPSA) is 54.2 Å². The zero-order valence-electron chi connectivity index (χ0n) is 21.8. The summed E-state index contributed by atoms with van der Waals surface area (Å²) in [4.78, 5) is 6.92. The number of piperidine rings is 1. The molecule has 194 valence electrons. The molecule has 0 amide bonds. The molecule has 1 unspecified atom stereocenters. The van der Waals surface area contributed by atoms with Gasteiger partial charge in [-0.25, -0.2) is 0 Å². The van der Waals surface area contributed by atoms with Gasteiger partial charge >= 0.3 is 0 Å². The highest BCUT2D eigenvalue weighted by Crippen LogP contribution is 2.44. The maximum atomic E-state index is 11.1. The van der Waals surface area contributed by atoms with Crippen LogP contribution in [-0.4, -0.2) is 44.0 Å². The van der Waals surface area contributed by atoms with E-state index in [1.807, 2.05) is 35.1 Å². The van der Waals surface area contributed by atoms with Crippen LogP contribution >= 0.6 is 0 Å². The first-order valence-electron chi connectivity index (χ1n) is 13.5. The second kappa shape index (κ2) is 11.2. The maximum absolute atomic E-state index is 11.1. The second-order valence-corrected chi connectivity index (χ2v) is 10.0. The van der Waals surface area contributed by atoms with E-state index in [9.17, 15) is 5.11 Å². The van der Waals surface area contributed by atoms with E-state index in [4.69, 9.17) is 5.10 Å². The van der Waals surface area contributed by atoms with Crippen LogP contribution in [0.15, 0.2) is 133 Å². The van der Waals surface area contributed by atoms with E-state index in [1.54, 1.807) is 6.20 Å². The van der Waals surface area contributed by atoms with E-state index in [1.165, 1.54) is 16.7 Å². The van der Waals surface area contributed by atoms with Gasteiger partial charge in [-0.2, -0.15) is 5.10 Å². The first-order chi connectivity index (χ1) is 19.2. The first kappa shape index (κ1) is 25.0. The summed E-state index contributed by atoms with van der Waals surface area (Å²) >= 11 is 0. The SMILES string of the molecule is OC1CCN(C(c2ccccc2)(c2ccccc2)c2ccccc2)C/C1=C/c1ccn(Cc2ccccn2)n1. The summed E-state index contributed by atoms with van der Waals surface area (Å²) in [6.07, 6.45) is 5.96. The molecule has 2 aromatic heterocycles. The molecule has 1 aliphatic rings. The molecule has 1 N–H and O–H groups in total. The number of rotatable bonds is 7. The number of hydrogen-bond acceptors (Lipinski definition) is 4. The summed E-state index contributed by atoms with van der Waals surface area (Å²) in [5.41, 5.74) is 5.87. The van der Waals surface area contributed by atoms with Gasteiger partial charge < -0.3 is 5.11 Å². The minimum Gasteiger partial charge on any atom is -0.389 e. The highest BCUT2D eigenvalue weighted by molar-refractivity contribution is 5.54. The van der Waals surface area contributed by atoms with Crippen molar-refractivity contribution in [3.63, 3.8) is 0 Å². The average molecular weight is 513 g/mol. The highest BCUT2D eigenvalue weighted by Gasteiger charge is 2.44. The Balaban J connectivity index is 1.40. The summed E-state index contributed by atoms with van der Waals surface area (Å²) in [7, 11) is 0. The van der Waals surface area contributed by atoms with Crippen LogP contribution in [0.1, 0.15) is 34.5 Å². The molecule has 5 aromatic rings. The Hall–Kier alpha value is -4.32. The number of hydrogen-bond donors (Lipinski definition) is 1. The van der Waals surface area contributed by atoms with Crippen LogP contribution in [0.25, 0.3) is 6.08 Å². The zero-order chi connectivity index (χ0) is 26.5. The van der Waals surface area contributed by atoms with Gasteiger partial charge in [-0.05, 0) is 53.0 Å². The van der Waals surface area contributed by atoms with Crippen LogP contribution in [0, 0.1) is 0 Å². The van der Waals surface area contributed by atoms with E-state index in [-0.39, 0.29) is 0 Å². The second-order valence-electron chi connectivity index (χ2n) is 10.0. The van der Waals surface area contributed by atoms with Crippen LogP contribution < -0.4 is 0 Å². The minimum atomic E-state index is -0.513. The van der Waals surface area contributed by atoms with E-state index < -0.39 is 11.6 Å². The molecule has 5 heteroatoms. The molecule has 39 heavy (non-hydrogen) atoms. The molecule has 5 nitrogen and oxygen atoms in total. The molecule has 3 heterocycles. The molecule has 0 spiro atoms. The number of aromatic nitrogens is 3. The van der Waals surface area contributed by atoms with Crippen LogP contribution in [0.3, 0.4) is 0 Å². The number of benzene rings is 3. The standard InChI is InChI=1S/C34H32N4O/c39-33-20-22-37(25-27(33)24-31-19-23-38(36-31)26-32-18-10-11-21-35-32)34(28-12-4-1-5-13-28,29-14-6-2-7-15-29)30-16-8-3-9-17-30/h1-19,21,23-24,33,39H,20,22,25-26H2/b27-24-. The third kappa shape index (κ3) is 5.07. The number of pyridine rings is 1. The highest BCUT2D eigenvalue weighted by atomic mass is 16.3. The Kier molecular flexibility index (Phi) is 7.17. The lowest BCUT2D eigenvalue weighted by atomic mass is 9.74. The van der Waals surface area contributed by atoms with E-state index >= 15 is 0 Å². The van der Waals surface area contributed by atoms with Gasteiger partial charge in [0.1, 0.15) is 0 Å². The summed E-state index contributed by atoms with van der Waals surface area (Å²) in [5, 5.41) is 15.9. The number of aliphatic hydroxyl groups is 1. The average Bonchev–Trinajstić information content (AvgIpc) is 3.44. The van der Waals surface area contributed by atoms with Crippen molar-refractivity contribution in [2.75, 3.05) is 13.1 Å². The van der Waals surface area contributed by atoms with Gasteiger partial charge in [0.25, 0.3) is 0 Å². The van der Waals surface area contributed by atoms with Gasteiger partial charge in [0.05, 0.1) is 29.6 Å². The molecule has 0 radical (unpaired) electrons. The number of nitrogens with zero attached hydrogens (tertiary/aromatic N) is 4. The molecule has 0 bridgehead atoms. The molecule has 1 saturated heterocycles. The lowest BCUT2D eigenvalue weighted by Gasteiger charge is -2.48. The van der Waals surface area contributed by atoms with E-state index in [0.717, 1.165) is 23.5 Å². The lowest BCUT2D eigenvalue weighted by Crippen LogP contribution is -2.52. The molecule has 0 aliphatic carbocycles. The Morgan fingerprint density at radius 1 is 0.769 bits per heavy atom. The van der Waals surface area contributed by atoms with Gasteiger partial charge in [0, 0.05) is 25.5 Å². The summed E-state index contributed by atoms with van der Waals surface area (Å²) in [5.74, 6) is 0. The van der Waals surface area contributed by atoms with Crippen LogP contribution in [-0.2, 0) is 12.1 Å². The Labute approximate surface area is 229 Å². The zero-order valence-corrected chi connectivity index (χ0v) is 21.8. The van der Waals surface area contributed by atoms with Crippen molar-refractivity contribution in [3.8, 4) is 0 Å². The van der Waals surface area contributed by atoms with Crippen LogP contribution in [0.4, 0.5) is 0 Å². The van der Waals surface area contributed by atoms with Crippen molar-refractivity contribution in [2.24, 2.45) is 0 Å².